The van der Waals surface area contributed by atoms with Crippen molar-refractivity contribution in [1.29, 1.82) is 0 Å². The normalized spacial score (nSPS) is 24.1. The fourth-order valence-electron chi connectivity index (χ4n) is 11.4. The molecule has 2 atom stereocenters. The molecule has 3 amide bonds. The number of nitrogens with zero attached hydrogens (tertiary/aromatic N) is 8. The largest absolute Gasteiger partial charge is 0.433 e. The lowest BCUT2D eigenvalue weighted by molar-refractivity contribution is -0.141. The lowest BCUT2D eigenvalue weighted by Gasteiger charge is -2.49. The predicted molar refractivity (Wildman–Crippen MR) is 244 cm³/mol. The molecule has 0 radical (unpaired) electrons. The van der Waals surface area contributed by atoms with Crippen LogP contribution in [-0.4, -0.2) is 121 Å². The molecule has 3 aromatic heterocycles. The van der Waals surface area contributed by atoms with Crippen LogP contribution in [0.3, 0.4) is 0 Å². The van der Waals surface area contributed by atoms with Crippen LogP contribution in [0.2, 0.25) is 0 Å². The standard InChI is InChI=1S/C48H57F3N10O6/c1-46(2,66)33-21-35-31(20-36(33)53-43(63)34-6-4-9-40(52-34)48(49,50)51)25-60(55-35)32-12-10-29(11-13-32)23-58-27-47(28-58)22-30(26-67-47)24-57-16-18-59(19-17-57)37-7-5-8-38-42(37)56(3)45(65)61(38)39-14-15-41(62)54-44(39)64/h4-9,20-21,25,29-30,32,39,66H,10-19,22-24,26-28H2,1-3H3,(H,53,63)(H,54,62,64). The van der Waals surface area contributed by atoms with Gasteiger partial charge in [-0.15, -0.1) is 0 Å². The Labute approximate surface area is 385 Å². The Bertz CT molecular complexity index is 2790. The highest BCUT2D eigenvalue weighted by atomic mass is 19.4. The van der Waals surface area contributed by atoms with Crippen LogP contribution in [-0.2, 0) is 33.2 Å². The highest BCUT2D eigenvalue weighted by molar-refractivity contribution is 6.04. The van der Waals surface area contributed by atoms with Gasteiger partial charge in [0.2, 0.25) is 11.8 Å². The van der Waals surface area contributed by atoms with Crippen LogP contribution in [0.1, 0.15) is 92.6 Å². The summed E-state index contributed by atoms with van der Waals surface area (Å²) < 4.78 is 51.6. The number of nitrogens with one attached hydrogen (secondary N) is 2. The van der Waals surface area contributed by atoms with E-state index in [1.54, 1.807) is 42.2 Å². The zero-order valence-electron chi connectivity index (χ0n) is 38.0. The van der Waals surface area contributed by atoms with Crippen LogP contribution in [0, 0.1) is 11.8 Å². The molecule has 5 aromatic rings. The van der Waals surface area contributed by atoms with Gasteiger partial charge >= 0.3 is 11.9 Å². The maximum absolute atomic E-state index is 13.5. The summed E-state index contributed by atoms with van der Waals surface area (Å²) in [7, 11) is 1.75. The minimum Gasteiger partial charge on any atom is -0.386 e. The van der Waals surface area contributed by atoms with Gasteiger partial charge in [0.05, 0.1) is 46.1 Å². The molecule has 5 aliphatic rings. The van der Waals surface area contributed by atoms with Crippen molar-refractivity contribution in [3.8, 4) is 0 Å². The number of hydrogen-bond acceptors (Lipinski definition) is 11. The van der Waals surface area contributed by atoms with E-state index >= 15 is 0 Å². The fourth-order valence-corrected chi connectivity index (χ4v) is 11.4. The number of fused-ring (bicyclic) bond motifs is 2. The van der Waals surface area contributed by atoms with Crippen LogP contribution >= 0.6 is 0 Å². The number of carbonyl (C=O) groups excluding carboxylic acids is 3. The average molecular weight is 927 g/mol. The maximum atomic E-state index is 13.5. The van der Waals surface area contributed by atoms with Crippen molar-refractivity contribution < 1.29 is 37.4 Å². The first-order chi connectivity index (χ1) is 31.9. The molecule has 7 heterocycles. The number of ether oxygens (including phenoxy) is 1. The van der Waals surface area contributed by atoms with Gasteiger partial charge in [0.25, 0.3) is 5.91 Å². The second kappa shape index (κ2) is 17.2. The number of para-hydroxylation sites is 1. The molecular weight excluding hydrogens is 870 g/mol. The van der Waals surface area contributed by atoms with Crippen molar-refractivity contribution >= 4 is 51.0 Å². The number of benzene rings is 2. The van der Waals surface area contributed by atoms with Crippen LogP contribution in [0.5, 0.6) is 0 Å². The van der Waals surface area contributed by atoms with Gasteiger partial charge in [-0.3, -0.25) is 43.3 Å². The number of imide groups is 1. The number of piperidine rings is 1. The minimum atomic E-state index is -4.69. The molecule has 10 rings (SSSR count). The first-order valence-corrected chi connectivity index (χ1v) is 23.4. The summed E-state index contributed by atoms with van der Waals surface area (Å²) in [6.07, 6.45) is 2.87. The van der Waals surface area contributed by atoms with Crippen LogP contribution in [0.25, 0.3) is 21.9 Å². The number of pyridine rings is 1. The third kappa shape index (κ3) is 8.86. The van der Waals surface area contributed by atoms with E-state index in [9.17, 15) is 37.5 Å². The first kappa shape index (κ1) is 45.2. The van der Waals surface area contributed by atoms with Gasteiger partial charge < -0.3 is 20.1 Å². The number of aromatic nitrogens is 5. The zero-order valence-corrected chi connectivity index (χ0v) is 38.0. The monoisotopic (exact) mass is 926 g/mol. The van der Waals surface area contributed by atoms with Crippen molar-refractivity contribution in [1.82, 2.24) is 39.0 Å². The summed E-state index contributed by atoms with van der Waals surface area (Å²) in [6, 6.07) is 12.0. The Morgan fingerprint density at radius 2 is 1.67 bits per heavy atom. The minimum absolute atomic E-state index is 0.0705. The highest BCUT2D eigenvalue weighted by Gasteiger charge is 2.50. The number of carbonyl (C=O) groups is 3. The third-order valence-corrected chi connectivity index (χ3v) is 14.7. The lowest BCUT2D eigenvalue weighted by atomic mass is 9.82. The van der Waals surface area contributed by atoms with Crippen LogP contribution in [0.15, 0.2) is 59.5 Å². The third-order valence-electron chi connectivity index (χ3n) is 14.7. The van der Waals surface area contributed by atoms with Gasteiger partial charge in [0.1, 0.15) is 17.4 Å². The summed E-state index contributed by atoms with van der Waals surface area (Å²) in [6.45, 7) is 11.3. The lowest BCUT2D eigenvalue weighted by Crippen LogP contribution is -2.62. The number of likely N-dealkylation sites (tertiary alicyclic amines) is 1. The molecule has 1 saturated carbocycles. The second-order valence-corrected chi connectivity index (χ2v) is 20.0. The van der Waals surface area contributed by atoms with Gasteiger partial charge in [-0.25, -0.2) is 9.78 Å². The van der Waals surface area contributed by atoms with E-state index in [-0.39, 0.29) is 41.0 Å². The molecule has 1 spiro atoms. The maximum Gasteiger partial charge on any atom is 0.433 e. The van der Waals surface area contributed by atoms with Crippen LogP contribution < -0.4 is 21.2 Å². The number of piperazine rings is 1. The van der Waals surface area contributed by atoms with Crippen LogP contribution in [0.4, 0.5) is 24.5 Å². The molecule has 2 unspecified atom stereocenters. The topological polar surface area (TPSA) is 172 Å². The van der Waals surface area contributed by atoms with Crippen molar-refractivity contribution in [2.45, 2.75) is 88.3 Å². The molecule has 5 fully saturated rings. The molecule has 16 nitrogen and oxygen atoms in total. The number of halogens is 3. The first-order valence-electron chi connectivity index (χ1n) is 23.4. The molecule has 4 aliphatic heterocycles. The Morgan fingerprint density at radius 3 is 2.39 bits per heavy atom. The van der Waals surface area contributed by atoms with E-state index in [0.717, 1.165) is 120 Å². The number of hydrogen-bond donors (Lipinski definition) is 3. The summed E-state index contributed by atoms with van der Waals surface area (Å²) in [5.74, 6) is -0.511. The van der Waals surface area contributed by atoms with Gasteiger partial charge in [-0.05, 0) is 101 Å². The van der Waals surface area contributed by atoms with E-state index in [2.05, 4.69) is 30.3 Å². The van der Waals surface area contributed by atoms with E-state index in [1.807, 2.05) is 29.1 Å². The van der Waals surface area contributed by atoms with Gasteiger partial charge in [0, 0.05) is 88.7 Å². The molecule has 67 heavy (non-hydrogen) atoms. The van der Waals surface area contributed by atoms with E-state index < -0.39 is 35.3 Å². The van der Waals surface area contributed by atoms with E-state index in [0.29, 0.717) is 34.9 Å². The SMILES string of the molecule is Cn1c(=O)n(C2CCC(=O)NC2=O)c2cccc(N3CCN(CC4COC5(C4)CN(CC4CCC(n6cc7cc(NC(=O)c8cccc(C(F)(F)F)n8)c(C(C)(C)O)cc7n6)CC4)C5)CC3)c21. The number of anilines is 2. The molecule has 3 N–H and O–H groups in total. The smallest absolute Gasteiger partial charge is 0.386 e. The number of rotatable bonds is 10. The van der Waals surface area contributed by atoms with Crippen molar-refractivity contribution in [3.63, 3.8) is 0 Å². The Kier molecular flexibility index (Phi) is 11.6. The Balaban J connectivity index is 0.695. The number of aryl methyl sites for hydroxylation is 1. The second-order valence-electron chi connectivity index (χ2n) is 20.0. The Hall–Kier alpha value is -5.63. The molecular formula is C48H57F3N10O6. The van der Waals surface area contributed by atoms with Crippen molar-refractivity contribution in [3.05, 3.63) is 82.2 Å². The van der Waals surface area contributed by atoms with E-state index in [4.69, 9.17) is 9.84 Å². The van der Waals surface area contributed by atoms with Crippen molar-refractivity contribution in [2.24, 2.45) is 18.9 Å². The molecule has 356 valence electrons. The van der Waals surface area contributed by atoms with Crippen molar-refractivity contribution in [2.75, 3.05) is 69.2 Å². The molecule has 0 bridgehead atoms. The predicted octanol–water partition coefficient (Wildman–Crippen LogP) is 5.21. The molecule has 19 heteroatoms. The number of aliphatic hydroxyl groups is 1. The zero-order chi connectivity index (χ0) is 47.0. The average Bonchev–Trinajstić information content (AvgIpc) is 3.97. The summed E-state index contributed by atoms with van der Waals surface area (Å²) in [5, 5.41) is 21.7. The highest BCUT2D eigenvalue weighted by Crippen LogP contribution is 2.42. The van der Waals surface area contributed by atoms with E-state index in [1.165, 1.54) is 6.07 Å². The quantitative estimate of drug-likeness (QED) is 0.157. The summed E-state index contributed by atoms with van der Waals surface area (Å²) in [5.41, 5.74) is 0.549. The number of imidazole rings is 1. The molecule has 1 aliphatic carbocycles. The molecule has 4 saturated heterocycles. The van der Waals surface area contributed by atoms with Gasteiger partial charge in [0.15, 0.2) is 0 Å². The number of alkyl halides is 3. The van der Waals surface area contributed by atoms with Gasteiger partial charge in [-0.1, -0.05) is 12.1 Å². The number of amides is 3. The summed E-state index contributed by atoms with van der Waals surface area (Å²) in [4.78, 5) is 62.1. The fraction of sp³-hybridized carbons (Fsp3) is 0.542. The molecule has 2 aromatic carbocycles. The van der Waals surface area contributed by atoms with Gasteiger partial charge in [-0.2, -0.15) is 18.3 Å². The summed E-state index contributed by atoms with van der Waals surface area (Å²) >= 11 is 0. The Morgan fingerprint density at radius 1 is 0.940 bits per heavy atom.